The van der Waals surface area contributed by atoms with Crippen molar-refractivity contribution in [2.75, 3.05) is 25.6 Å². The number of anilines is 1. The molecule has 2 aromatic heterocycles. The summed E-state index contributed by atoms with van der Waals surface area (Å²) in [5.74, 6) is 2.16. The third-order valence-corrected chi connectivity index (χ3v) is 3.56. The van der Waals surface area contributed by atoms with Crippen molar-refractivity contribution >= 4 is 27.5 Å². The lowest BCUT2D eigenvalue weighted by atomic mass is 10.3. The molecule has 120 valence electrons. The van der Waals surface area contributed by atoms with Crippen LogP contribution in [0.3, 0.4) is 0 Å². The molecule has 0 amide bonds. The minimum absolute atomic E-state index is 0.423. The van der Waals surface area contributed by atoms with Crippen molar-refractivity contribution < 1.29 is 9.47 Å². The Labute approximate surface area is 141 Å². The molecule has 0 aliphatic carbocycles. The molecule has 0 saturated carbocycles. The van der Waals surface area contributed by atoms with Gasteiger partial charge in [0.05, 0.1) is 18.8 Å². The second-order valence-electron chi connectivity index (χ2n) is 4.77. The highest BCUT2D eigenvalue weighted by Crippen LogP contribution is 2.17. The van der Waals surface area contributed by atoms with E-state index in [1.165, 1.54) is 6.33 Å². The number of benzene rings is 1. The number of aromatic nitrogens is 4. The maximum atomic E-state index is 5.70. The highest BCUT2D eigenvalue weighted by atomic mass is 79.9. The van der Waals surface area contributed by atoms with Crippen molar-refractivity contribution in [2.24, 2.45) is 0 Å². The average molecular weight is 378 g/mol. The summed E-state index contributed by atoms with van der Waals surface area (Å²) in [4.78, 5) is 8.48. The minimum atomic E-state index is 0.423. The molecule has 0 aliphatic heterocycles. The molecule has 2 heterocycles. The van der Waals surface area contributed by atoms with Gasteiger partial charge in [0.25, 0.3) is 5.78 Å². The predicted molar refractivity (Wildman–Crippen MR) is 89.6 cm³/mol. The maximum Gasteiger partial charge on any atom is 0.254 e. The monoisotopic (exact) mass is 377 g/mol. The molecule has 0 bridgehead atoms. The molecule has 8 heteroatoms. The molecular formula is C15H16BrN5O2. The van der Waals surface area contributed by atoms with E-state index in [0.717, 1.165) is 21.7 Å². The summed E-state index contributed by atoms with van der Waals surface area (Å²) in [5, 5.41) is 7.45. The molecule has 0 saturated heterocycles. The number of ether oxygens (including phenoxy) is 2. The number of halogens is 1. The van der Waals surface area contributed by atoms with E-state index < -0.39 is 0 Å². The Kier molecular flexibility index (Phi) is 5.04. The topological polar surface area (TPSA) is 73.6 Å². The van der Waals surface area contributed by atoms with E-state index in [2.05, 4.69) is 36.3 Å². The smallest absolute Gasteiger partial charge is 0.254 e. The summed E-state index contributed by atoms with van der Waals surface area (Å²) in [5.41, 5.74) is 0.795. The van der Waals surface area contributed by atoms with Crippen LogP contribution < -0.4 is 10.1 Å². The van der Waals surface area contributed by atoms with Crippen LogP contribution in [0.25, 0.3) is 5.78 Å². The molecule has 0 unspecified atom stereocenters. The Morgan fingerprint density at radius 2 is 2.22 bits per heavy atom. The normalized spacial score (nSPS) is 10.9. The zero-order chi connectivity index (χ0) is 16.1. The fourth-order valence-corrected chi connectivity index (χ4v) is 2.49. The predicted octanol–water partition coefficient (Wildman–Crippen LogP) is 2.52. The summed E-state index contributed by atoms with van der Waals surface area (Å²) >= 11 is 3.42. The molecule has 23 heavy (non-hydrogen) atoms. The quantitative estimate of drug-likeness (QED) is 0.637. The zero-order valence-corrected chi connectivity index (χ0v) is 14.2. The number of hydrogen-bond acceptors (Lipinski definition) is 6. The highest BCUT2D eigenvalue weighted by Gasteiger charge is 2.07. The molecule has 0 aliphatic rings. The van der Waals surface area contributed by atoms with Crippen molar-refractivity contribution in [1.29, 1.82) is 0 Å². The lowest BCUT2D eigenvalue weighted by molar-refractivity contribution is 0.181. The van der Waals surface area contributed by atoms with Gasteiger partial charge in [-0.2, -0.15) is 14.6 Å². The first-order valence-electron chi connectivity index (χ1n) is 7.07. The van der Waals surface area contributed by atoms with Gasteiger partial charge in [-0.25, -0.2) is 4.98 Å². The van der Waals surface area contributed by atoms with Crippen molar-refractivity contribution in [2.45, 2.75) is 6.61 Å². The molecule has 1 aromatic carbocycles. The van der Waals surface area contributed by atoms with Gasteiger partial charge in [0.15, 0.2) is 0 Å². The molecule has 3 aromatic rings. The van der Waals surface area contributed by atoms with E-state index in [1.807, 2.05) is 30.3 Å². The Morgan fingerprint density at radius 3 is 3.04 bits per heavy atom. The number of nitrogens with one attached hydrogen (secondary N) is 1. The first kappa shape index (κ1) is 15.7. The second kappa shape index (κ2) is 7.38. The van der Waals surface area contributed by atoms with Gasteiger partial charge in [-0.1, -0.05) is 22.0 Å². The van der Waals surface area contributed by atoms with E-state index >= 15 is 0 Å². The van der Waals surface area contributed by atoms with Gasteiger partial charge in [0, 0.05) is 17.6 Å². The fourth-order valence-electron chi connectivity index (χ4n) is 2.11. The molecular weight excluding hydrogens is 362 g/mol. The van der Waals surface area contributed by atoms with Gasteiger partial charge in [0.2, 0.25) is 0 Å². The van der Waals surface area contributed by atoms with Crippen LogP contribution in [0.5, 0.6) is 5.75 Å². The molecule has 0 atom stereocenters. The second-order valence-corrected chi connectivity index (χ2v) is 5.69. The van der Waals surface area contributed by atoms with E-state index in [-0.39, 0.29) is 0 Å². The number of methoxy groups -OCH3 is 1. The summed E-state index contributed by atoms with van der Waals surface area (Å²) < 4.78 is 13.5. The third kappa shape index (κ3) is 3.96. The lowest BCUT2D eigenvalue weighted by Gasteiger charge is -2.11. The highest BCUT2D eigenvalue weighted by molar-refractivity contribution is 9.10. The van der Waals surface area contributed by atoms with E-state index in [4.69, 9.17) is 9.47 Å². The van der Waals surface area contributed by atoms with Crippen molar-refractivity contribution in [1.82, 2.24) is 19.6 Å². The van der Waals surface area contributed by atoms with Crippen LogP contribution in [0.4, 0.5) is 5.82 Å². The number of hydrogen-bond donors (Lipinski definition) is 1. The van der Waals surface area contributed by atoms with E-state index in [1.54, 1.807) is 11.6 Å². The molecule has 1 N–H and O–H groups in total. The Balaban J connectivity index is 1.63. The van der Waals surface area contributed by atoms with Crippen LogP contribution in [0, 0.1) is 0 Å². The Bertz CT molecular complexity index is 792. The summed E-state index contributed by atoms with van der Waals surface area (Å²) in [7, 11) is 1.63. The maximum absolute atomic E-state index is 5.70. The van der Waals surface area contributed by atoms with Crippen LogP contribution in [0.15, 0.2) is 41.1 Å². The minimum Gasteiger partial charge on any atom is -0.492 e. The van der Waals surface area contributed by atoms with Gasteiger partial charge in [-0.15, -0.1) is 0 Å². The molecule has 7 nitrogen and oxygen atoms in total. The van der Waals surface area contributed by atoms with Crippen molar-refractivity contribution in [3.63, 3.8) is 0 Å². The Morgan fingerprint density at radius 1 is 1.30 bits per heavy atom. The summed E-state index contributed by atoms with van der Waals surface area (Å²) in [6.45, 7) is 1.57. The van der Waals surface area contributed by atoms with Crippen LogP contribution in [0.1, 0.15) is 5.69 Å². The van der Waals surface area contributed by atoms with Crippen molar-refractivity contribution in [3.05, 3.63) is 46.8 Å². The largest absolute Gasteiger partial charge is 0.492 e. The number of fused-ring (bicyclic) bond motifs is 1. The first-order valence-corrected chi connectivity index (χ1v) is 7.86. The summed E-state index contributed by atoms with van der Waals surface area (Å²) in [6.07, 6.45) is 1.47. The van der Waals surface area contributed by atoms with Gasteiger partial charge >= 0.3 is 0 Å². The third-order valence-electron chi connectivity index (χ3n) is 3.07. The van der Waals surface area contributed by atoms with Gasteiger partial charge in [-0.3, -0.25) is 0 Å². The van der Waals surface area contributed by atoms with Crippen LogP contribution >= 0.6 is 15.9 Å². The van der Waals surface area contributed by atoms with Crippen LogP contribution in [-0.4, -0.2) is 39.8 Å². The van der Waals surface area contributed by atoms with Gasteiger partial charge in [0.1, 0.15) is 24.5 Å². The zero-order valence-electron chi connectivity index (χ0n) is 12.6. The Hall–Kier alpha value is -2.19. The number of nitrogens with zero attached hydrogens (tertiary/aromatic N) is 4. The van der Waals surface area contributed by atoms with Crippen LogP contribution in [0.2, 0.25) is 0 Å². The van der Waals surface area contributed by atoms with Gasteiger partial charge < -0.3 is 14.8 Å². The van der Waals surface area contributed by atoms with Crippen molar-refractivity contribution in [3.8, 4) is 5.75 Å². The van der Waals surface area contributed by atoms with Gasteiger partial charge in [-0.05, 0) is 18.2 Å². The summed E-state index contributed by atoms with van der Waals surface area (Å²) in [6, 6.07) is 9.64. The average Bonchev–Trinajstić information content (AvgIpc) is 3.00. The molecule has 0 fully saturated rings. The lowest BCUT2D eigenvalue weighted by Crippen LogP contribution is -2.15. The first-order chi connectivity index (χ1) is 11.3. The fraction of sp³-hybridized carbons (Fsp3) is 0.267. The molecule has 0 radical (unpaired) electrons. The van der Waals surface area contributed by atoms with E-state index in [9.17, 15) is 0 Å². The van der Waals surface area contributed by atoms with Crippen LogP contribution in [-0.2, 0) is 11.3 Å². The molecule has 0 spiro atoms. The number of rotatable bonds is 7. The van der Waals surface area contributed by atoms with E-state index in [0.29, 0.717) is 25.5 Å². The molecule has 3 rings (SSSR count). The standard InChI is InChI=1S/C15H16BrN5O2/c1-22-9-12-8-14(21-15(20-12)18-10-19-21)17-5-6-23-13-4-2-3-11(16)7-13/h2-4,7-8,10,17H,5-6,9H2,1H3. The SMILES string of the molecule is COCc1cc(NCCOc2cccc(Br)c2)n2ncnc2n1.